The standard InChI is InChI=1S/C22H24O/c1-22(2,16-15-18-9-4-3-5-10-18)23-17-20-13-8-12-19-11-6-7-14-21(19)20/h3-14H,15-17H2,1-2H3. The number of rotatable bonds is 6. The summed E-state index contributed by atoms with van der Waals surface area (Å²) in [6.07, 6.45) is 2.06. The molecule has 3 rings (SSSR count). The molecule has 3 aromatic carbocycles. The predicted octanol–water partition coefficient (Wildman–Crippen LogP) is 5.77. The predicted molar refractivity (Wildman–Crippen MR) is 97.6 cm³/mol. The van der Waals surface area contributed by atoms with Crippen molar-refractivity contribution in [3.8, 4) is 0 Å². The van der Waals surface area contributed by atoms with E-state index in [1.165, 1.54) is 21.9 Å². The van der Waals surface area contributed by atoms with Crippen LogP contribution < -0.4 is 0 Å². The van der Waals surface area contributed by atoms with Crippen LogP contribution in [0.3, 0.4) is 0 Å². The maximum absolute atomic E-state index is 6.25. The average molecular weight is 304 g/mol. The Morgan fingerprint density at radius 3 is 2.30 bits per heavy atom. The number of hydrogen-bond donors (Lipinski definition) is 0. The molecule has 1 heteroatoms. The molecule has 0 aliphatic carbocycles. The van der Waals surface area contributed by atoms with E-state index >= 15 is 0 Å². The molecule has 0 aromatic heterocycles. The van der Waals surface area contributed by atoms with E-state index < -0.39 is 0 Å². The minimum Gasteiger partial charge on any atom is -0.371 e. The van der Waals surface area contributed by atoms with Gasteiger partial charge in [-0.25, -0.2) is 0 Å². The van der Waals surface area contributed by atoms with Crippen LogP contribution in [-0.4, -0.2) is 5.60 Å². The van der Waals surface area contributed by atoms with Gasteiger partial charge in [-0.15, -0.1) is 0 Å². The highest BCUT2D eigenvalue weighted by atomic mass is 16.5. The number of fused-ring (bicyclic) bond motifs is 1. The van der Waals surface area contributed by atoms with Crippen molar-refractivity contribution in [1.29, 1.82) is 0 Å². The second-order valence-corrected chi connectivity index (χ2v) is 6.67. The lowest BCUT2D eigenvalue weighted by Crippen LogP contribution is -2.25. The minimum absolute atomic E-state index is 0.132. The summed E-state index contributed by atoms with van der Waals surface area (Å²) in [4.78, 5) is 0. The van der Waals surface area contributed by atoms with Crippen molar-refractivity contribution in [3.05, 3.63) is 83.9 Å². The molecule has 1 nitrogen and oxygen atoms in total. The molecule has 0 atom stereocenters. The quantitative estimate of drug-likeness (QED) is 0.562. The summed E-state index contributed by atoms with van der Waals surface area (Å²) >= 11 is 0. The monoisotopic (exact) mass is 304 g/mol. The van der Waals surface area contributed by atoms with Crippen LogP contribution in [0, 0.1) is 0 Å². The molecule has 3 aromatic rings. The number of hydrogen-bond acceptors (Lipinski definition) is 1. The lowest BCUT2D eigenvalue weighted by atomic mass is 9.98. The molecule has 0 N–H and O–H groups in total. The molecular formula is C22H24O. The molecule has 0 radical (unpaired) electrons. The van der Waals surface area contributed by atoms with Gasteiger partial charge < -0.3 is 4.74 Å². The van der Waals surface area contributed by atoms with E-state index in [2.05, 4.69) is 86.6 Å². The Morgan fingerprint density at radius 2 is 1.48 bits per heavy atom. The maximum Gasteiger partial charge on any atom is 0.0730 e. The Labute approximate surface area is 138 Å². The Balaban J connectivity index is 1.64. The number of aryl methyl sites for hydroxylation is 1. The summed E-state index contributed by atoms with van der Waals surface area (Å²) in [5.74, 6) is 0. The molecule has 118 valence electrons. The third kappa shape index (κ3) is 4.20. The lowest BCUT2D eigenvalue weighted by molar-refractivity contribution is -0.0342. The zero-order valence-electron chi connectivity index (χ0n) is 14.0. The highest BCUT2D eigenvalue weighted by Gasteiger charge is 2.18. The van der Waals surface area contributed by atoms with Crippen LogP contribution >= 0.6 is 0 Å². The number of benzene rings is 3. The van der Waals surface area contributed by atoms with Crippen LogP contribution in [0.1, 0.15) is 31.4 Å². The maximum atomic E-state index is 6.25. The van der Waals surface area contributed by atoms with Crippen molar-refractivity contribution in [1.82, 2.24) is 0 Å². The highest BCUT2D eigenvalue weighted by molar-refractivity contribution is 5.85. The molecule has 0 aliphatic rings. The van der Waals surface area contributed by atoms with Crippen molar-refractivity contribution in [2.45, 2.75) is 38.9 Å². The average Bonchev–Trinajstić information content (AvgIpc) is 2.59. The molecule has 0 fully saturated rings. The smallest absolute Gasteiger partial charge is 0.0730 e. The lowest BCUT2D eigenvalue weighted by Gasteiger charge is -2.26. The van der Waals surface area contributed by atoms with Crippen LogP contribution in [0.4, 0.5) is 0 Å². The Bertz CT molecular complexity index is 754. The van der Waals surface area contributed by atoms with Crippen molar-refractivity contribution in [2.75, 3.05) is 0 Å². The van der Waals surface area contributed by atoms with Crippen LogP contribution in [0.15, 0.2) is 72.8 Å². The van der Waals surface area contributed by atoms with E-state index in [4.69, 9.17) is 4.74 Å². The van der Waals surface area contributed by atoms with Gasteiger partial charge in [0.05, 0.1) is 12.2 Å². The summed E-state index contributed by atoms with van der Waals surface area (Å²) in [5.41, 5.74) is 2.50. The Morgan fingerprint density at radius 1 is 0.783 bits per heavy atom. The first-order chi connectivity index (χ1) is 11.1. The van der Waals surface area contributed by atoms with E-state index in [0.29, 0.717) is 6.61 Å². The van der Waals surface area contributed by atoms with Gasteiger partial charge in [-0.3, -0.25) is 0 Å². The fraction of sp³-hybridized carbons (Fsp3) is 0.273. The van der Waals surface area contributed by atoms with Crippen molar-refractivity contribution in [2.24, 2.45) is 0 Å². The molecular weight excluding hydrogens is 280 g/mol. The van der Waals surface area contributed by atoms with Crippen molar-refractivity contribution in [3.63, 3.8) is 0 Å². The third-order valence-electron chi connectivity index (χ3n) is 4.36. The SMILES string of the molecule is CC(C)(CCc1ccccc1)OCc1cccc2ccccc12. The fourth-order valence-corrected chi connectivity index (χ4v) is 2.85. The van der Waals surface area contributed by atoms with E-state index in [1.807, 2.05) is 0 Å². The summed E-state index contributed by atoms with van der Waals surface area (Å²) in [6.45, 7) is 5.02. The van der Waals surface area contributed by atoms with Crippen LogP contribution in [0.25, 0.3) is 10.8 Å². The minimum atomic E-state index is -0.132. The van der Waals surface area contributed by atoms with Gasteiger partial charge in [0.2, 0.25) is 0 Å². The fourth-order valence-electron chi connectivity index (χ4n) is 2.85. The first-order valence-corrected chi connectivity index (χ1v) is 8.29. The number of ether oxygens (including phenoxy) is 1. The summed E-state index contributed by atoms with van der Waals surface area (Å²) in [5, 5.41) is 2.56. The zero-order valence-corrected chi connectivity index (χ0v) is 14.0. The summed E-state index contributed by atoms with van der Waals surface area (Å²) in [6, 6.07) is 25.5. The first kappa shape index (κ1) is 15.8. The summed E-state index contributed by atoms with van der Waals surface area (Å²) in [7, 11) is 0. The van der Waals surface area contributed by atoms with Gasteiger partial charge in [0.25, 0.3) is 0 Å². The van der Waals surface area contributed by atoms with E-state index in [-0.39, 0.29) is 5.60 Å². The molecule has 0 heterocycles. The molecule has 0 saturated heterocycles. The van der Waals surface area contributed by atoms with E-state index in [0.717, 1.165) is 12.8 Å². The van der Waals surface area contributed by atoms with Gasteiger partial charge in [0, 0.05) is 0 Å². The molecule has 0 aliphatic heterocycles. The summed E-state index contributed by atoms with van der Waals surface area (Å²) < 4.78 is 6.25. The molecule has 0 saturated carbocycles. The van der Waals surface area contributed by atoms with E-state index in [9.17, 15) is 0 Å². The zero-order chi connectivity index (χ0) is 16.1. The second-order valence-electron chi connectivity index (χ2n) is 6.67. The van der Waals surface area contributed by atoms with Gasteiger partial charge in [0.1, 0.15) is 0 Å². The highest BCUT2D eigenvalue weighted by Crippen LogP contribution is 2.24. The van der Waals surface area contributed by atoms with Crippen LogP contribution in [-0.2, 0) is 17.8 Å². The van der Waals surface area contributed by atoms with Gasteiger partial charge in [0.15, 0.2) is 0 Å². The second kappa shape index (κ2) is 6.97. The Kier molecular flexibility index (Phi) is 4.78. The first-order valence-electron chi connectivity index (χ1n) is 8.29. The topological polar surface area (TPSA) is 9.23 Å². The van der Waals surface area contributed by atoms with E-state index in [1.54, 1.807) is 0 Å². The molecule has 23 heavy (non-hydrogen) atoms. The van der Waals surface area contributed by atoms with Crippen LogP contribution in [0.5, 0.6) is 0 Å². The molecule has 0 spiro atoms. The Hall–Kier alpha value is -2.12. The van der Waals surface area contributed by atoms with Gasteiger partial charge in [-0.05, 0) is 48.6 Å². The molecule has 0 bridgehead atoms. The van der Waals surface area contributed by atoms with Gasteiger partial charge >= 0.3 is 0 Å². The van der Waals surface area contributed by atoms with Crippen molar-refractivity contribution >= 4 is 10.8 Å². The molecule has 0 unspecified atom stereocenters. The molecule has 0 amide bonds. The van der Waals surface area contributed by atoms with Gasteiger partial charge in [-0.2, -0.15) is 0 Å². The van der Waals surface area contributed by atoms with Crippen LogP contribution in [0.2, 0.25) is 0 Å². The van der Waals surface area contributed by atoms with Gasteiger partial charge in [-0.1, -0.05) is 72.8 Å². The normalized spacial score (nSPS) is 11.7. The largest absolute Gasteiger partial charge is 0.371 e. The van der Waals surface area contributed by atoms with Crippen molar-refractivity contribution < 1.29 is 4.74 Å². The third-order valence-corrected chi connectivity index (χ3v) is 4.36.